The molecule has 0 fully saturated rings. The second kappa shape index (κ2) is 9.18. The van der Waals surface area contributed by atoms with Crippen LogP contribution in [0.3, 0.4) is 0 Å². The number of carbonyl (C=O) groups excluding carboxylic acids is 1. The van der Waals surface area contributed by atoms with Crippen LogP contribution in [0.5, 0.6) is 0 Å². The molecule has 5 rings (SSSR count). The van der Waals surface area contributed by atoms with Crippen LogP contribution < -0.4 is 10.9 Å². The van der Waals surface area contributed by atoms with Gasteiger partial charge in [0.25, 0.3) is 11.5 Å². The number of aromatic nitrogens is 6. The zero-order chi connectivity index (χ0) is 24.5. The number of amides is 1. The first-order valence-electron chi connectivity index (χ1n) is 10.8. The van der Waals surface area contributed by atoms with Crippen molar-refractivity contribution in [3.8, 4) is 11.6 Å². The molecule has 0 bridgehead atoms. The van der Waals surface area contributed by atoms with E-state index in [-0.39, 0.29) is 28.7 Å². The van der Waals surface area contributed by atoms with Crippen molar-refractivity contribution in [3.63, 3.8) is 0 Å². The molecule has 35 heavy (non-hydrogen) atoms. The molecule has 2 N–H and O–H groups in total. The van der Waals surface area contributed by atoms with Crippen LogP contribution in [0, 0.1) is 12.7 Å². The largest absolute Gasteiger partial charge is 0.306 e. The van der Waals surface area contributed by atoms with E-state index in [1.165, 1.54) is 27.7 Å². The van der Waals surface area contributed by atoms with Gasteiger partial charge < -0.3 is 5.32 Å². The normalized spacial score (nSPS) is 11.2. The summed E-state index contributed by atoms with van der Waals surface area (Å²) in [4.78, 5) is 34.0. The number of fused-ring (bicyclic) bond motifs is 1. The minimum atomic E-state index is -0.423. The third-order valence-electron chi connectivity index (χ3n) is 5.20. The topological polar surface area (TPSA) is 110 Å². The van der Waals surface area contributed by atoms with Crippen LogP contribution in [0.1, 0.15) is 23.0 Å². The number of carbonyl (C=O) groups is 1. The maximum atomic E-state index is 13.4. The molecule has 2 aromatic carbocycles. The first-order chi connectivity index (χ1) is 16.9. The van der Waals surface area contributed by atoms with E-state index in [9.17, 15) is 14.0 Å². The molecule has 5 aromatic rings. The minimum Gasteiger partial charge on any atom is -0.306 e. The highest BCUT2D eigenvalue weighted by atomic mass is 32.2. The lowest BCUT2D eigenvalue weighted by Gasteiger charge is -2.11. The monoisotopic (exact) mass is 489 g/mol. The van der Waals surface area contributed by atoms with Crippen LogP contribution in [0.4, 0.5) is 10.2 Å². The van der Waals surface area contributed by atoms with Crippen molar-refractivity contribution in [3.05, 3.63) is 88.2 Å². The van der Waals surface area contributed by atoms with Crippen molar-refractivity contribution >= 4 is 34.5 Å². The van der Waals surface area contributed by atoms with E-state index in [0.29, 0.717) is 22.8 Å². The molecule has 0 saturated heterocycles. The lowest BCUT2D eigenvalue weighted by molar-refractivity contribution is 0.102. The summed E-state index contributed by atoms with van der Waals surface area (Å²) < 4.78 is 16.2. The minimum absolute atomic E-state index is 0.103. The Morgan fingerprint density at radius 1 is 1.14 bits per heavy atom. The number of hydrogen-bond acceptors (Lipinski definition) is 6. The molecule has 0 unspecified atom stereocenters. The van der Waals surface area contributed by atoms with Crippen LogP contribution >= 0.6 is 11.8 Å². The highest BCUT2D eigenvalue weighted by molar-refractivity contribution is 7.99. The third-order valence-corrected chi connectivity index (χ3v) is 6.16. The number of halogens is 1. The lowest BCUT2D eigenvalue weighted by Crippen LogP contribution is -2.19. The first-order valence-corrected chi connectivity index (χ1v) is 11.8. The lowest BCUT2D eigenvalue weighted by atomic mass is 10.2. The molecular formula is C24H20FN7O2S. The Kier molecular flexibility index (Phi) is 5.91. The number of aromatic amines is 1. The molecule has 11 heteroatoms. The number of aryl methyl sites for hydroxylation is 1. The Hall–Kier alpha value is -4.25. The predicted octanol–water partition coefficient (Wildman–Crippen LogP) is 4.11. The van der Waals surface area contributed by atoms with Gasteiger partial charge in [-0.15, -0.1) is 11.8 Å². The Bertz CT molecular complexity index is 1600. The summed E-state index contributed by atoms with van der Waals surface area (Å²) in [5.41, 5.74) is 1.54. The average Bonchev–Trinajstić information content (AvgIpc) is 3.43. The highest BCUT2D eigenvalue weighted by Gasteiger charge is 2.18. The SMILES string of the molecule is CCSc1ccccc1C(=O)Nc1cc(C)nn1-c1nc2c(cnn2-c2ccc(F)cc2)c(=O)[nH]1. The van der Waals surface area contributed by atoms with Gasteiger partial charge in [-0.25, -0.2) is 9.07 Å². The summed E-state index contributed by atoms with van der Waals surface area (Å²) in [7, 11) is 0. The number of rotatable bonds is 6. The van der Waals surface area contributed by atoms with Gasteiger partial charge in [0, 0.05) is 11.0 Å². The Labute approximate surface area is 203 Å². The Morgan fingerprint density at radius 3 is 2.69 bits per heavy atom. The van der Waals surface area contributed by atoms with Crippen LogP contribution in [0.25, 0.3) is 22.7 Å². The smallest absolute Gasteiger partial charge is 0.263 e. The van der Waals surface area contributed by atoms with Gasteiger partial charge in [-0.3, -0.25) is 14.6 Å². The van der Waals surface area contributed by atoms with E-state index < -0.39 is 5.56 Å². The van der Waals surface area contributed by atoms with Crippen molar-refractivity contribution in [1.29, 1.82) is 0 Å². The van der Waals surface area contributed by atoms with Crippen molar-refractivity contribution in [1.82, 2.24) is 29.5 Å². The third kappa shape index (κ3) is 4.33. The number of benzene rings is 2. The highest BCUT2D eigenvalue weighted by Crippen LogP contribution is 2.24. The van der Waals surface area contributed by atoms with Gasteiger partial charge in [0.1, 0.15) is 17.0 Å². The quantitative estimate of drug-likeness (QED) is 0.348. The van der Waals surface area contributed by atoms with Gasteiger partial charge in [0.15, 0.2) is 5.65 Å². The second-order valence-electron chi connectivity index (χ2n) is 7.63. The molecule has 0 aliphatic rings. The zero-order valence-corrected chi connectivity index (χ0v) is 19.6. The summed E-state index contributed by atoms with van der Waals surface area (Å²) in [5.74, 6) is 0.587. The van der Waals surface area contributed by atoms with E-state index >= 15 is 0 Å². The molecular weight excluding hydrogens is 469 g/mol. The summed E-state index contributed by atoms with van der Waals surface area (Å²) in [6, 6.07) is 14.7. The fourth-order valence-electron chi connectivity index (χ4n) is 3.65. The summed E-state index contributed by atoms with van der Waals surface area (Å²) in [5, 5.41) is 11.8. The van der Waals surface area contributed by atoms with Gasteiger partial charge in [0.2, 0.25) is 5.95 Å². The van der Waals surface area contributed by atoms with Crippen molar-refractivity contribution in [2.24, 2.45) is 0 Å². The molecule has 3 aromatic heterocycles. The Morgan fingerprint density at radius 2 is 1.91 bits per heavy atom. The number of thioether (sulfide) groups is 1. The van der Waals surface area contributed by atoms with Gasteiger partial charge >= 0.3 is 0 Å². The van der Waals surface area contributed by atoms with Crippen molar-refractivity contribution < 1.29 is 9.18 Å². The number of hydrogen-bond donors (Lipinski definition) is 2. The molecule has 176 valence electrons. The second-order valence-corrected chi connectivity index (χ2v) is 8.93. The molecule has 1 amide bonds. The van der Waals surface area contributed by atoms with Crippen molar-refractivity contribution in [2.75, 3.05) is 11.1 Å². The average molecular weight is 490 g/mol. The van der Waals surface area contributed by atoms with E-state index in [4.69, 9.17) is 0 Å². The number of anilines is 1. The van der Waals surface area contributed by atoms with Crippen molar-refractivity contribution in [2.45, 2.75) is 18.7 Å². The molecule has 3 heterocycles. The van der Waals surface area contributed by atoms with Gasteiger partial charge in [-0.2, -0.15) is 19.9 Å². The maximum Gasteiger partial charge on any atom is 0.263 e. The van der Waals surface area contributed by atoms with Gasteiger partial charge in [0.05, 0.1) is 23.1 Å². The zero-order valence-electron chi connectivity index (χ0n) is 18.8. The summed E-state index contributed by atoms with van der Waals surface area (Å²) >= 11 is 1.58. The van der Waals surface area contributed by atoms with Gasteiger partial charge in [-0.1, -0.05) is 19.1 Å². The number of nitrogens with one attached hydrogen (secondary N) is 2. The molecule has 0 radical (unpaired) electrons. The summed E-state index contributed by atoms with van der Waals surface area (Å²) in [6.07, 6.45) is 1.40. The van der Waals surface area contributed by atoms with Crippen LogP contribution in [0.15, 0.2) is 70.5 Å². The first kappa shape index (κ1) is 22.5. The van der Waals surface area contributed by atoms with Crippen LogP contribution in [-0.2, 0) is 0 Å². The standard InChI is InChI=1S/C24H20FN7O2S/c1-3-35-19-7-5-4-6-17(19)22(33)27-20-12-14(2)30-32(20)24-28-21-18(23(34)29-24)13-26-31(21)16-10-8-15(25)9-11-16/h4-13H,3H2,1-2H3,(H,27,33)(H,28,29,34). The van der Waals surface area contributed by atoms with Crippen LogP contribution in [-0.4, -0.2) is 41.2 Å². The van der Waals surface area contributed by atoms with Crippen LogP contribution in [0.2, 0.25) is 0 Å². The number of nitrogens with zero attached hydrogens (tertiary/aromatic N) is 5. The van der Waals surface area contributed by atoms with E-state index in [1.54, 1.807) is 49.0 Å². The molecule has 0 atom stereocenters. The fraction of sp³-hybridized carbons (Fsp3) is 0.125. The molecule has 0 aliphatic carbocycles. The molecule has 9 nitrogen and oxygen atoms in total. The summed E-state index contributed by atoms with van der Waals surface area (Å²) in [6.45, 7) is 3.79. The molecule has 0 aliphatic heterocycles. The predicted molar refractivity (Wildman–Crippen MR) is 132 cm³/mol. The van der Waals surface area contributed by atoms with E-state index in [1.807, 2.05) is 19.1 Å². The molecule has 0 spiro atoms. The maximum absolute atomic E-state index is 13.4. The Balaban J connectivity index is 1.56. The molecule has 0 saturated carbocycles. The van der Waals surface area contributed by atoms with E-state index in [0.717, 1.165) is 10.6 Å². The fourth-order valence-corrected chi connectivity index (χ4v) is 4.45. The van der Waals surface area contributed by atoms with Gasteiger partial charge in [-0.05, 0) is 49.1 Å². The number of H-pyrrole nitrogens is 1. The van der Waals surface area contributed by atoms with E-state index in [2.05, 4.69) is 25.5 Å².